The first-order chi connectivity index (χ1) is 8.16. The molecule has 0 bridgehead atoms. The summed E-state index contributed by atoms with van der Waals surface area (Å²) in [6.07, 6.45) is 2.74. The van der Waals surface area contributed by atoms with Crippen molar-refractivity contribution in [2.45, 2.75) is 19.4 Å². The molecule has 0 spiro atoms. The molecule has 3 rings (SSSR count). The fraction of sp³-hybridized carbons (Fsp3) is 0.308. The SMILES string of the molecule is CC1CC1Nc1c(F)cc(N)c2cccnc12. The van der Waals surface area contributed by atoms with Gasteiger partial charge in [-0.15, -0.1) is 0 Å². The molecule has 1 saturated carbocycles. The zero-order valence-electron chi connectivity index (χ0n) is 9.57. The second-order valence-corrected chi connectivity index (χ2v) is 4.69. The summed E-state index contributed by atoms with van der Waals surface area (Å²) in [6.45, 7) is 2.14. The topological polar surface area (TPSA) is 50.9 Å². The van der Waals surface area contributed by atoms with Crippen LogP contribution in [0.5, 0.6) is 0 Å². The Labute approximate surface area is 98.8 Å². The van der Waals surface area contributed by atoms with Crippen LogP contribution in [0.4, 0.5) is 15.8 Å². The molecule has 2 atom stereocenters. The lowest BCUT2D eigenvalue weighted by Gasteiger charge is -2.11. The lowest BCUT2D eigenvalue weighted by atomic mass is 10.1. The average molecular weight is 231 g/mol. The molecule has 4 heteroatoms. The highest BCUT2D eigenvalue weighted by Gasteiger charge is 2.33. The van der Waals surface area contributed by atoms with E-state index in [4.69, 9.17) is 5.73 Å². The maximum absolute atomic E-state index is 13.9. The molecule has 1 fully saturated rings. The monoisotopic (exact) mass is 231 g/mol. The molecule has 1 heterocycles. The van der Waals surface area contributed by atoms with E-state index in [9.17, 15) is 4.39 Å². The molecular weight excluding hydrogens is 217 g/mol. The predicted octanol–water partition coefficient (Wildman–Crippen LogP) is 2.78. The van der Waals surface area contributed by atoms with E-state index in [1.54, 1.807) is 12.3 Å². The molecule has 1 aromatic heterocycles. The fourth-order valence-electron chi connectivity index (χ4n) is 2.08. The number of anilines is 2. The van der Waals surface area contributed by atoms with Crippen molar-refractivity contribution in [2.24, 2.45) is 5.92 Å². The standard InChI is InChI=1S/C13H14FN3/c1-7-5-11(7)17-13-9(14)6-10(15)8-3-2-4-16-12(8)13/h2-4,6-7,11,17H,5,15H2,1H3. The van der Waals surface area contributed by atoms with Crippen molar-refractivity contribution < 1.29 is 4.39 Å². The number of benzene rings is 1. The molecule has 88 valence electrons. The molecule has 3 N–H and O–H groups in total. The number of fused-ring (bicyclic) bond motifs is 1. The molecule has 2 aromatic rings. The van der Waals surface area contributed by atoms with Crippen molar-refractivity contribution in [1.29, 1.82) is 0 Å². The summed E-state index contributed by atoms with van der Waals surface area (Å²) in [7, 11) is 0. The van der Waals surface area contributed by atoms with E-state index in [1.165, 1.54) is 6.07 Å². The van der Waals surface area contributed by atoms with Crippen LogP contribution in [-0.2, 0) is 0 Å². The van der Waals surface area contributed by atoms with Gasteiger partial charge in [0.05, 0.1) is 11.2 Å². The maximum Gasteiger partial charge on any atom is 0.150 e. The molecule has 0 saturated heterocycles. The van der Waals surface area contributed by atoms with E-state index in [2.05, 4.69) is 17.2 Å². The van der Waals surface area contributed by atoms with Crippen LogP contribution in [-0.4, -0.2) is 11.0 Å². The minimum absolute atomic E-state index is 0.326. The summed E-state index contributed by atoms with van der Waals surface area (Å²) in [4.78, 5) is 4.23. The zero-order chi connectivity index (χ0) is 12.0. The van der Waals surface area contributed by atoms with Gasteiger partial charge in [0.25, 0.3) is 0 Å². The van der Waals surface area contributed by atoms with Crippen molar-refractivity contribution in [3.8, 4) is 0 Å². The van der Waals surface area contributed by atoms with Crippen LogP contribution < -0.4 is 11.1 Å². The van der Waals surface area contributed by atoms with Gasteiger partial charge < -0.3 is 11.1 Å². The summed E-state index contributed by atoms with van der Waals surface area (Å²) in [5.74, 6) is 0.276. The molecule has 1 aliphatic carbocycles. The van der Waals surface area contributed by atoms with Crippen molar-refractivity contribution in [1.82, 2.24) is 4.98 Å². The Morgan fingerprint density at radius 2 is 2.29 bits per heavy atom. The summed E-state index contributed by atoms with van der Waals surface area (Å²) >= 11 is 0. The normalized spacial score (nSPS) is 22.7. The highest BCUT2D eigenvalue weighted by Crippen LogP contribution is 2.36. The third-order valence-electron chi connectivity index (χ3n) is 3.32. The quantitative estimate of drug-likeness (QED) is 0.781. The number of nitrogens with two attached hydrogens (primary N) is 1. The molecule has 0 amide bonds. The number of rotatable bonds is 2. The van der Waals surface area contributed by atoms with Gasteiger partial charge in [0.1, 0.15) is 0 Å². The number of nitrogens with zero attached hydrogens (tertiary/aromatic N) is 1. The van der Waals surface area contributed by atoms with Crippen LogP contribution in [0.15, 0.2) is 24.4 Å². The van der Waals surface area contributed by atoms with Crippen LogP contribution in [0.25, 0.3) is 10.9 Å². The second kappa shape index (κ2) is 3.58. The first kappa shape index (κ1) is 10.3. The van der Waals surface area contributed by atoms with Gasteiger partial charge >= 0.3 is 0 Å². The molecule has 17 heavy (non-hydrogen) atoms. The van der Waals surface area contributed by atoms with E-state index in [-0.39, 0.29) is 5.82 Å². The van der Waals surface area contributed by atoms with Gasteiger partial charge in [-0.05, 0) is 30.5 Å². The van der Waals surface area contributed by atoms with Gasteiger partial charge in [0, 0.05) is 23.3 Å². The molecule has 2 unspecified atom stereocenters. The van der Waals surface area contributed by atoms with Gasteiger partial charge in [-0.1, -0.05) is 6.92 Å². The Balaban J connectivity index is 2.15. The highest BCUT2D eigenvalue weighted by atomic mass is 19.1. The first-order valence-corrected chi connectivity index (χ1v) is 5.76. The Hall–Kier alpha value is -1.84. The summed E-state index contributed by atoms with van der Waals surface area (Å²) in [5.41, 5.74) is 7.31. The van der Waals surface area contributed by atoms with E-state index in [0.29, 0.717) is 28.9 Å². The minimum atomic E-state index is -0.326. The van der Waals surface area contributed by atoms with Crippen LogP contribution >= 0.6 is 0 Å². The van der Waals surface area contributed by atoms with Gasteiger partial charge in [-0.25, -0.2) is 4.39 Å². The highest BCUT2D eigenvalue weighted by molar-refractivity contribution is 5.98. The van der Waals surface area contributed by atoms with Crippen molar-refractivity contribution in [2.75, 3.05) is 11.1 Å². The van der Waals surface area contributed by atoms with E-state index in [1.807, 2.05) is 6.07 Å². The number of nitrogen functional groups attached to an aromatic ring is 1. The summed E-state index contributed by atoms with van der Waals surface area (Å²) in [5, 5.41) is 4.01. The maximum atomic E-state index is 13.9. The van der Waals surface area contributed by atoms with Gasteiger partial charge in [-0.3, -0.25) is 4.98 Å². The zero-order valence-corrected chi connectivity index (χ0v) is 9.57. The third kappa shape index (κ3) is 1.69. The number of hydrogen-bond donors (Lipinski definition) is 2. The Bertz CT molecular complexity index is 582. The van der Waals surface area contributed by atoms with Crippen molar-refractivity contribution in [3.63, 3.8) is 0 Å². The first-order valence-electron chi connectivity index (χ1n) is 5.76. The summed E-state index contributed by atoms with van der Waals surface area (Å²) in [6, 6.07) is 5.39. The van der Waals surface area contributed by atoms with E-state index < -0.39 is 0 Å². The number of pyridine rings is 1. The molecule has 3 nitrogen and oxygen atoms in total. The summed E-state index contributed by atoms with van der Waals surface area (Å²) < 4.78 is 13.9. The largest absolute Gasteiger partial charge is 0.398 e. The Morgan fingerprint density at radius 3 is 3.00 bits per heavy atom. The number of hydrogen-bond acceptors (Lipinski definition) is 3. The van der Waals surface area contributed by atoms with E-state index >= 15 is 0 Å². The number of aromatic nitrogens is 1. The average Bonchev–Trinajstić information content (AvgIpc) is 3.00. The smallest absolute Gasteiger partial charge is 0.150 e. The molecule has 1 aromatic carbocycles. The van der Waals surface area contributed by atoms with Crippen LogP contribution in [0.2, 0.25) is 0 Å². The van der Waals surface area contributed by atoms with Gasteiger partial charge in [0.2, 0.25) is 0 Å². The van der Waals surface area contributed by atoms with Gasteiger partial charge in [0.15, 0.2) is 5.82 Å². The van der Waals surface area contributed by atoms with Crippen LogP contribution in [0.3, 0.4) is 0 Å². The van der Waals surface area contributed by atoms with E-state index in [0.717, 1.165) is 11.8 Å². The number of nitrogens with one attached hydrogen (secondary N) is 1. The van der Waals surface area contributed by atoms with Crippen molar-refractivity contribution >= 4 is 22.3 Å². The lowest BCUT2D eigenvalue weighted by Crippen LogP contribution is -2.07. The second-order valence-electron chi connectivity index (χ2n) is 4.69. The lowest BCUT2D eigenvalue weighted by molar-refractivity contribution is 0.631. The van der Waals surface area contributed by atoms with Gasteiger partial charge in [-0.2, -0.15) is 0 Å². The van der Waals surface area contributed by atoms with Crippen molar-refractivity contribution in [3.05, 3.63) is 30.2 Å². The molecule has 0 radical (unpaired) electrons. The molecule has 0 aliphatic heterocycles. The fourth-order valence-corrected chi connectivity index (χ4v) is 2.08. The molecular formula is C13H14FN3. The predicted molar refractivity (Wildman–Crippen MR) is 67.3 cm³/mol. The molecule has 1 aliphatic rings. The third-order valence-corrected chi connectivity index (χ3v) is 3.32. The van der Waals surface area contributed by atoms with Crippen LogP contribution in [0.1, 0.15) is 13.3 Å². The Morgan fingerprint density at radius 1 is 1.53 bits per heavy atom. The minimum Gasteiger partial charge on any atom is -0.398 e. The number of halogens is 1. The Kier molecular flexibility index (Phi) is 2.18. The van der Waals surface area contributed by atoms with Crippen LogP contribution in [0, 0.1) is 11.7 Å².